The third kappa shape index (κ3) is 3.55. The number of ether oxygens (including phenoxy) is 1. The van der Waals surface area contributed by atoms with Crippen molar-refractivity contribution in [3.63, 3.8) is 0 Å². The lowest BCUT2D eigenvalue weighted by molar-refractivity contribution is 0.313. The predicted octanol–water partition coefficient (Wildman–Crippen LogP) is 2.54. The molecule has 0 spiro atoms. The molecule has 0 atom stereocenters. The first-order valence-corrected chi connectivity index (χ1v) is 10.3. The van der Waals surface area contributed by atoms with Crippen molar-refractivity contribution in [2.45, 2.75) is 0 Å². The highest BCUT2D eigenvalue weighted by molar-refractivity contribution is 5.89. The maximum atomic E-state index is 12.7. The summed E-state index contributed by atoms with van der Waals surface area (Å²) in [5, 5.41) is 12.0. The highest BCUT2D eigenvalue weighted by Crippen LogP contribution is 2.28. The van der Waals surface area contributed by atoms with Gasteiger partial charge in [0, 0.05) is 43.5 Å². The molecule has 158 valence electrons. The molecular formula is C23H24N6O2. The fraction of sp³-hybridized carbons (Fsp3) is 0.261. The van der Waals surface area contributed by atoms with Crippen molar-refractivity contribution in [1.82, 2.24) is 24.9 Å². The number of nitrogens with zero attached hydrogens (tertiary/aromatic N) is 5. The highest BCUT2D eigenvalue weighted by Gasteiger charge is 2.17. The Balaban J connectivity index is 1.53. The van der Waals surface area contributed by atoms with Gasteiger partial charge in [-0.15, -0.1) is 0 Å². The van der Waals surface area contributed by atoms with Crippen LogP contribution in [0.25, 0.3) is 28.0 Å². The molecule has 8 heteroatoms. The zero-order chi connectivity index (χ0) is 21.4. The summed E-state index contributed by atoms with van der Waals surface area (Å²) in [5.74, 6) is 0.582. The van der Waals surface area contributed by atoms with Gasteiger partial charge in [-0.25, -0.2) is 0 Å². The number of methoxy groups -OCH3 is 1. The fourth-order valence-corrected chi connectivity index (χ4v) is 3.96. The van der Waals surface area contributed by atoms with Crippen LogP contribution in [0.5, 0.6) is 5.75 Å². The van der Waals surface area contributed by atoms with Crippen molar-refractivity contribution >= 4 is 16.7 Å². The molecule has 1 fully saturated rings. The van der Waals surface area contributed by atoms with E-state index in [-0.39, 0.29) is 5.56 Å². The summed E-state index contributed by atoms with van der Waals surface area (Å²) in [6.07, 6.45) is 0. The molecule has 0 unspecified atom stereocenters. The number of benzene rings is 2. The van der Waals surface area contributed by atoms with E-state index in [1.54, 1.807) is 13.2 Å². The third-order valence-electron chi connectivity index (χ3n) is 5.77. The van der Waals surface area contributed by atoms with Crippen molar-refractivity contribution in [3.05, 3.63) is 65.0 Å². The predicted molar refractivity (Wildman–Crippen MR) is 121 cm³/mol. The van der Waals surface area contributed by atoms with Gasteiger partial charge in [0.25, 0.3) is 5.56 Å². The van der Waals surface area contributed by atoms with E-state index < -0.39 is 0 Å². The first kappa shape index (κ1) is 19.3. The minimum absolute atomic E-state index is 0.252. The van der Waals surface area contributed by atoms with Crippen LogP contribution in [0.2, 0.25) is 0 Å². The van der Waals surface area contributed by atoms with E-state index in [4.69, 9.17) is 4.74 Å². The molecule has 0 aliphatic carbocycles. The number of hydrogen-bond acceptors (Lipinski definition) is 6. The van der Waals surface area contributed by atoms with E-state index in [9.17, 15) is 4.79 Å². The largest absolute Gasteiger partial charge is 0.494 e. The summed E-state index contributed by atoms with van der Waals surface area (Å²) in [7, 11) is 3.73. The molecule has 0 bridgehead atoms. The Morgan fingerprint density at radius 2 is 1.74 bits per heavy atom. The van der Waals surface area contributed by atoms with Crippen molar-refractivity contribution in [1.29, 1.82) is 0 Å². The Morgan fingerprint density at radius 1 is 1.00 bits per heavy atom. The van der Waals surface area contributed by atoms with Crippen LogP contribution in [-0.2, 0) is 0 Å². The van der Waals surface area contributed by atoms with Gasteiger partial charge in [0.1, 0.15) is 22.6 Å². The normalized spacial score (nSPS) is 14.8. The van der Waals surface area contributed by atoms with E-state index in [0.29, 0.717) is 28.2 Å². The second-order valence-electron chi connectivity index (χ2n) is 7.74. The topological polar surface area (TPSA) is 79.3 Å². The number of para-hydroxylation sites is 2. The second kappa shape index (κ2) is 7.88. The molecular weight excluding hydrogens is 392 g/mol. The number of nitrogens with one attached hydrogen (secondary N) is 1. The minimum atomic E-state index is -0.252. The summed E-state index contributed by atoms with van der Waals surface area (Å²) < 4.78 is 6.77. The number of hydrogen-bond donors (Lipinski definition) is 1. The first-order chi connectivity index (χ1) is 15.1. The second-order valence-corrected chi connectivity index (χ2v) is 7.74. The molecule has 1 N–H and O–H groups in total. The Hall–Kier alpha value is -3.65. The Morgan fingerprint density at radius 3 is 2.48 bits per heavy atom. The van der Waals surface area contributed by atoms with Crippen LogP contribution in [0, 0.1) is 0 Å². The summed E-state index contributed by atoms with van der Waals surface area (Å²) in [4.78, 5) is 17.4. The number of fused-ring (bicyclic) bond motifs is 1. The lowest BCUT2D eigenvalue weighted by Crippen LogP contribution is -2.44. The summed E-state index contributed by atoms with van der Waals surface area (Å²) in [5.41, 5.74) is 4.44. The average molecular weight is 416 g/mol. The molecule has 0 saturated carbocycles. The number of aromatic nitrogens is 4. The average Bonchev–Trinajstić information content (AvgIpc) is 3.21. The maximum absolute atomic E-state index is 12.7. The number of aromatic amines is 1. The van der Waals surface area contributed by atoms with Crippen molar-refractivity contribution in [2.75, 3.05) is 45.2 Å². The van der Waals surface area contributed by atoms with Crippen LogP contribution in [-0.4, -0.2) is 65.2 Å². The monoisotopic (exact) mass is 416 g/mol. The van der Waals surface area contributed by atoms with E-state index >= 15 is 0 Å². The lowest BCUT2D eigenvalue weighted by Gasteiger charge is -2.34. The van der Waals surface area contributed by atoms with Crippen LogP contribution in [0.15, 0.2) is 59.4 Å². The molecule has 0 radical (unpaired) electrons. The molecule has 3 heterocycles. The number of H-pyrrole nitrogens is 1. The number of anilines is 1. The first-order valence-electron chi connectivity index (χ1n) is 10.3. The van der Waals surface area contributed by atoms with Gasteiger partial charge in [0.2, 0.25) is 0 Å². The smallest absolute Gasteiger partial charge is 0.273 e. The van der Waals surface area contributed by atoms with Gasteiger partial charge in [0.05, 0.1) is 12.6 Å². The summed E-state index contributed by atoms with van der Waals surface area (Å²) in [6, 6.07) is 17.2. The highest BCUT2D eigenvalue weighted by atomic mass is 16.5. The van der Waals surface area contributed by atoms with E-state index in [2.05, 4.69) is 56.4 Å². The third-order valence-corrected chi connectivity index (χ3v) is 5.77. The molecule has 2 aromatic heterocycles. The van der Waals surface area contributed by atoms with Crippen molar-refractivity contribution in [3.8, 4) is 22.7 Å². The van der Waals surface area contributed by atoms with E-state index in [1.807, 2.05) is 18.2 Å². The molecule has 5 rings (SSSR count). The molecule has 1 aliphatic rings. The van der Waals surface area contributed by atoms with Gasteiger partial charge in [-0.2, -0.15) is 14.9 Å². The van der Waals surface area contributed by atoms with E-state index in [0.717, 1.165) is 31.7 Å². The summed E-state index contributed by atoms with van der Waals surface area (Å²) in [6.45, 7) is 4.17. The Bertz CT molecular complexity index is 1270. The minimum Gasteiger partial charge on any atom is -0.494 e. The fourth-order valence-electron chi connectivity index (χ4n) is 3.96. The molecule has 1 saturated heterocycles. The molecule has 4 aromatic rings. The molecule has 31 heavy (non-hydrogen) atoms. The molecule has 1 aliphatic heterocycles. The Kier molecular flexibility index (Phi) is 4.91. The van der Waals surface area contributed by atoms with Gasteiger partial charge in [-0.3, -0.25) is 9.89 Å². The van der Waals surface area contributed by atoms with Crippen LogP contribution >= 0.6 is 0 Å². The molecule has 2 aromatic carbocycles. The van der Waals surface area contributed by atoms with Crippen molar-refractivity contribution in [2.24, 2.45) is 0 Å². The van der Waals surface area contributed by atoms with Gasteiger partial charge < -0.3 is 14.5 Å². The quantitative estimate of drug-likeness (QED) is 0.551. The standard InChI is InChI=1S/C23H24N6O2/c1-27-11-13-28(14-12-27)17-9-7-16(8-10-17)22-23-18(24-25-22)15-21(30)29(26-23)19-5-3-4-6-20(19)31-2/h3-10,15,24H,11-14H2,1-2H3. The van der Waals surface area contributed by atoms with Crippen LogP contribution < -0.4 is 15.2 Å². The number of rotatable bonds is 4. The maximum Gasteiger partial charge on any atom is 0.273 e. The number of piperazine rings is 1. The van der Waals surface area contributed by atoms with Crippen LogP contribution in [0.4, 0.5) is 5.69 Å². The van der Waals surface area contributed by atoms with Crippen molar-refractivity contribution < 1.29 is 4.74 Å². The summed E-state index contributed by atoms with van der Waals surface area (Å²) >= 11 is 0. The molecule has 8 nitrogen and oxygen atoms in total. The van der Waals surface area contributed by atoms with E-state index in [1.165, 1.54) is 16.4 Å². The van der Waals surface area contributed by atoms with Gasteiger partial charge in [-0.05, 0) is 31.3 Å². The van der Waals surface area contributed by atoms with Gasteiger partial charge in [0.15, 0.2) is 0 Å². The SMILES string of the molecule is COc1ccccc1-n1nc2c(-c3ccc(N4CCN(C)CC4)cc3)n[nH]c2cc1=O. The zero-order valence-corrected chi connectivity index (χ0v) is 17.6. The van der Waals surface area contributed by atoms with Gasteiger partial charge in [-0.1, -0.05) is 24.3 Å². The Labute approximate surface area is 179 Å². The van der Waals surface area contributed by atoms with Gasteiger partial charge >= 0.3 is 0 Å². The lowest BCUT2D eigenvalue weighted by atomic mass is 10.1. The van der Waals surface area contributed by atoms with Crippen LogP contribution in [0.3, 0.4) is 0 Å². The van der Waals surface area contributed by atoms with Crippen LogP contribution in [0.1, 0.15) is 0 Å². The zero-order valence-electron chi connectivity index (χ0n) is 17.6. The molecule has 0 amide bonds. The number of likely N-dealkylation sites (N-methyl/N-ethyl adjacent to an activating group) is 1.